The van der Waals surface area contributed by atoms with Crippen molar-refractivity contribution in [2.24, 2.45) is 0 Å². The van der Waals surface area contributed by atoms with Gasteiger partial charge in [0, 0.05) is 0 Å². The van der Waals surface area contributed by atoms with Gasteiger partial charge >= 0.3 is 0 Å². The van der Waals surface area contributed by atoms with E-state index in [0.29, 0.717) is 0 Å². The summed E-state index contributed by atoms with van der Waals surface area (Å²) in [6.45, 7) is 2.41. The van der Waals surface area contributed by atoms with Crippen molar-refractivity contribution in [3.8, 4) is 0 Å². The van der Waals surface area contributed by atoms with Crippen LogP contribution in [-0.2, 0) is 0 Å². The quantitative estimate of drug-likeness (QED) is 0.374. The van der Waals surface area contributed by atoms with Crippen LogP contribution in [0.3, 0.4) is 0 Å². The van der Waals surface area contributed by atoms with Gasteiger partial charge in [-0.2, -0.15) is 0 Å². The lowest BCUT2D eigenvalue weighted by atomic mass is 10.1. The minimum atomic E-state index is 0.141. The molecule has 0 radical (unpaired) electrons. The molecule has 1 nitrogen and oxygen atoms in total. The average molecular weight is 238 g/mol. The molecule has 17 heavy (non-hydrogen) atoms. The monoisotopic (exact) mass is 238 g/mol. The largest absolute Gasteiger partial charge is 0.392 e. The number of hydrogen-bond acceptors (Lipinski definition) is 1. The van der Waals surface area contributed by atoms with Crippen LogP contribution in [0.15, 0.2) is 24.3 Å². The maximum absolute atomic E-state index is 8.52. The third-order valence-electron chi connectivity index (χ3n) is 2.96. The number of rotatable bonds is 12. The first kappa shape index (κ1) is 16.4. The molecule has 0 spiro atoms. The summed E-state index contributed by atoms with van der Waals surface area (Å²) in [5, 5.41) is 8.52. The Labute approximate surface area is 108 Å². The van der Waals surface area contributed by atoms with Crippen LogP contribution < -0.4 is 0 Å². The highest BCUT2D eigenvalue weighted by Crippen LogP contribution is 2.10. The van der Waals surface area contributed by atoms with E-state index in [1.165, 1.54) is 64.2 Å². The fourth-order valence-corrected chi connectivity index (χ4v) is 1.89. The summed E-state index contributed by atoms with van der Waals surface area (Å²) < 4.78 is 0. The second kappa shape index (κ2) is 15.4. The average Bonchev–Trinajstić information content (AvgIpc) is 2.35. The molecule has 0 aliphatic carbocycles. The summed E-state index contributed by atoms with van der Waals surface area (Å²) in [7, 11) is 0. The molecule has 0 fully saturated rings. The Balaban J connectivity index is 3.03. The van der Waals surface area contributed by atoms with E-state index < -0.39 is 0 Å². The van der Waals surface area contributed by atoms with Crippen molar-refractivity contribution in [1.82, 2.24) is 0 Å². The molecular weight excluding hydrogens is 208 g/mol. The fraction of sp³-hybridized carbons (Fsp3) is 0.750. The molecule has 0 amide bonds. The smallest absolute Gasteiger partial charge is 0.0615 e. The van der Waals surface area contributed by atoms with Crippen LogP contribution >= 0.6 is 0 Å². The Morgan fingerprint density at radius 1 is 0.706 bits per heavy atom. The number of aliphatic hydroxyl groups is 1. The number of unbranched alkanes of at least 4 members (excludes halogenated alkanes) is 9. The van der Waals surface area contributed by atoms with Crippen molar-refractivity contribution >= 4 is 0 Å². The maximum atomic E-state index is 8.52. The molecule has 0 saturated carbocycles. The lowest BCUT2D eigenvalue weighted by Crippen LogP contribution is -1.80. The summed E-state index contributed by atoms with van der Waals surface area (Å²) >= 11 is 0. The number of hydrogen-bond donors (Lipinski definition) is 1. The van der Waals surface area contributed by atoms with Crippen LogP contribution in [0, 0.1) is 0 Å². The van der Waals surface area contributed by atoms with Crippen molar-refractivity contribution in [3.63, 3.8) is 0 Å². The summed E-state index contributed by atoms with van der Waals surface area (Å²) in [6, 6.07) is 0. The highest BCUT2D eigenvalue weighted by molar-refractivity contribution is 5.02. The molecule has 0 atom stereocenters. The lowest BCUT2D eigenvalue weighted by Gasteiger charge is -2.00. The molecule has 0 saturated heterocycles. The van der Waals surface area contributed by atoms with Crippen molar-refractivity contribution in [1.29, 1.82) is 0 Å². The minimum Gasteiger partial charge on any atom is -0.392 e. The van der Waals surface area contributed by atoms with E-state index in [9.17, 15) is 0 Å². The summed E-state index contributed by atoms with van der Waals surface area (Å²) in [5.41, 5.74) is 0. The van der Waals surface area contributed by atoms with Crippen LogP contribution in [0.25, 0.3) is 0 Å². The van der Waals surface area contributed by atoms with E-state index in [1.807, 2.05) is 12.2 Å². The van der Waals surface area contributed by atoms with Gasteiger partial charge in [-0.15, -0.1) is 0 Å². The predicted octanol–water partition coefficient (Wildman–Crippen LogP) is 5.01. The molecule has 0 aromatic heterocycles. The van der Waals surface area contributed by atoms with Crippen LogP contribution in [0.5, 0.6) is 0 Å². The first-order chi connectivity index (χ1) is 8.41. The zero-order valence-corrected chi connectivity index (χ0v) is 11.5. The third-order valence-corrected chi connectivity index (χ3v) is 2.96. The van der Waals surface area contributed by atoms with Gasteiger partial charge in [-0.3, -0.25) is 0 Å². The van der Waals surface area contributed by atoms with Crippen molar-refractivity contribution < 1.29 is 5.11 Å². The molecule has 1 heteroatoms. The van der Waals surface area contributed by atoms with Crippen LogP contribution in [-0.4, -0.2) is 11.7 Å². The molecular formula is C16H30O. The van der Waals surface area contributed by atoms with Crippen molar-refractivity contribution in [2.75, 3.05) is 6.61 Å². The predicted molar refractivity (Wildman–Crippen MR) is 77.2 cm³/mol. The van der Waals surface area contributed by atoms with Crippen LogP contribution in [0.1, 0.15) is 71.1 Å². The maximum Gasteiger partial charge on any atom is 0.0615 e. The lowest BCUT2D eigenvalue weighted by molar-refractivity contribution is 0.343. The Hall–Kier alpha value is -0.560. The van der Waals surface area contributed by atoms with Gasteiger partial charge in [-0.1, -0.05) is 82.6 Å². The van der Waals surface area contributed by atoms with E-state index in [0.717, 1.165) is 0 Å². The van der Waals surface area contributed by atoms with Crippen LogP contribution in [0.2, 0.25) is 0 Å². The normalized spacial score (nSPS) is 11.9. The topological polar surface area (TPSA) is 20.2 Å². The summed E-state index contributed by atoms with van der Waals surface area (Å²) in [4.78, 5) is 0. The highest BCUT2D eigenvalue weighted by Gasteiger charge is 1.90. The van der Waals surface area contributed by atoms with E-state index >= 15 is 0 Å². The molecule has 0 aliphatic heterocycles. The molecule has 0 unspecified atom stereocenters. The molecule has 0 bridgehead atoms. The first-order valence-electron chi connectivity index (χ1n) is 7.34. The van der Waals surface area contributed by atoms with E-state index in [-0.39, 0.29) is 6.61 Å². The number of allylic oxidation sites excluding steroid dienone is 3. The van der Waals surface area contributed by atoms with E-state index in [1.54, 1.807) is 6.08 Å². The summed E-state index contributed by atoms with van der Waals surface area (Å²) in [6.07, 6.45) is 21.6. The van der Waals surface area contributed by atoms with Gasteiger partial charge in [0.05, 0.1) is 6.61 Å². The molecule has 0 aromatic rings. The van der Waals surface area contributed by atoms with Gasteiger partial charge in [-0.25, -0.2) is 0 Å². The van der Waals surface area contributed by atoms with Gasteiger partial charge in [0.25, 0.3) is 0 Å². The summed E-state index contributed by atoms with van der Waals surface area (Å²) in [5.74, 6) is 0. The van der Waals surface area contributed by atoms with Crippen LogP contribution in [0.4, 0.5) is 0 Å². The highest BCUT2D eigenvalue weighted by atomic mass is 16.2. The number of aliphatic hydroxyl groups excluding tert-OH is 1. The molecule has 100 valence electrons. The Kier molecular flexibility index (Phi) is 14.9. The molecule has 0 heterocycles. The van der Waals surface area contributed by atoms with Gasteiger partial charge in [0.2, 0.25) is 0 Å². The van der Waals surface area contributed by atoms with E-state index in [2.05, 4.69) is 13.0 Å². The van der Waals surface area contributed by atoms with Gasteiger partial charge in [0.15, 0.2) is 0 Å². The molecule has 0 rings (SSSR count). The molecule has 0 aliphatic rings. The van der Waals surface area contributed by atoms with Gasteiger partial charge in [0.1, 0.15) is 0 Å². The Bertz CT molecular complexity index is 182. The molecule has 1 N–H and O–H groups in total. The standard InChI is InChI=1S/C16H30O/c1-2-3-4-5-6-7-8-9-10-11-12-13-14-15-16-17/h12-15,17H,2-11,16H2,1H3/b13-12+,15-14+. The van der Waals surface area contributed by atoms with Crippen molar-refractivity contribution in [2.45, 2.75) is 71.1 Å². The third kappa shape index (κ3) is 15.4. The fourth-order valence-electron chi connectivity index (χ4n) is 1.89. The first-order valence-corrected chi connectivity index (χ1v) is 7.34. The molecule has 0 aromatic carbocycles. The SMILES string of the molecule is CCCCCCCCCCC/C=C/C=C/CO. The Morgan fingerprint density at radius 3 is 1.82 bits per heavy atom. The van der Waals surface area contributed by atoms with Crippen molar-refractivity contribution in [3.05, 3.63) is 24.3 Å². The van der Waals surface area contributed by atoms with Gasteiger partial charge in [-0.05, 0) is 12.8 Å². The zero-order chi connectivity index (χ0) is 12.6. The van der Waals surface area contributed by atoms with Gasteiger partial charge < -0.3 is 5.11 Å². The second-order valence-electron chi connectivity index (χ2n) is 4.66. The van der Waals surface area contributed by atoms with E-state index in [4.69, 9.17) is 5.11 Å². The zero-order valence-electron chi connectivity index (χ0n) is 11.5. The minimum absolute atomic E-state index is 0.141. The second-order valence-corrected chi connectivity index (χ2v) is 4.66. The Morgan fingerprint density at radius 2 is 1.24 bits per heavy atom.